The maximum Gasteiger partial charge on any atom is 0.0626 e. The van der Waals surface area contributed by atoms with Crippen LogP contribution in [0.4, 0.5) is 0 Å². The van der Waals surface area contributed by atoms with Gasteiger partial charge in [-0.15, -0.1) is 0 Å². The van der Waals surface area contributed by atoms with Crippen LogP contribution in [0.3, 0.4) is 0 Å². The largest absolute Gasteiger partial charge is 0.396 e. The van der Waals surface area contributed by atoms with Crippen LogP contribution in [-0.2, 0) is 13.5 Å². The van der Waals surface area contributed by atoms with Gasteiger partial charge in [-0.2, -0.15) is 5.10 Å². The first-order valence-electron chi connectivity index (χ1n) is 5.97. The molecule has 4 heteroatoms. The van der Waals surface area contributed by atoms with E-state index in [9.17, 15) is 0 Å². The van der Waals surface area contributed by atoms with Crippen LogP contribution in [0.25, 0.3) is 0 Å². The molecule has 0 amide bonds. The second-order valence-corrected chi connectivity index (χ2v) is 4.38. The van der Waals surface area contributed by atoms with Gasteiger partial charge in [0.1, 0.15) is 0 Å². The molecule has 1 unspecified atom stereocenters. The number of hydrogen-bond acceptors (Lipinski definition) is 3. The first kappa shape index (κ1) is 13.2. The first-order valence-corrected chi connectivity index (χ1v) is 5.97. The highest BCUT2D eigenvalue weighted by Crippen LogP contribution is 2.05. The van der Waals surface area contributed by atoms with Gasteiger partial charge in [-0.25, -0.2) is 0 Å². The summed E-state index contributed by atoms with van der Waals surface area (Å²) in [4.78, 5) is 0. The van der Waals surface area contributed by atoms with Gasteiger partial charge in [-0.3, -0.25) is 4.68 Å². The third-order valence-electron chi connectivity index (χ3n) is 2.80. The lowest BCUT2D eigenvalue weighted by Gasteiger charge is -2.12. The Hall–Kier alpha value is -0.870. The van der Waals surface area contributed by atoms with Crippen LogP contribution in [0.15, 0.2) is 6.20 Å². The van der Waals surface area contributed by atoms with E-state index in [-0.39, 0.29) is 6.61 Å². The first-order chi connectivity index (χ1) is 7.63. The quantitative estimate of drug-likeness (QED) is 0.728. The summed E-state index contributed by atoms with van der Waals surface area (Å²) in [5.74, 6) is 0. The Morgan fingerprint density at radius 1 is 1.56 bits per heavy atom. The summed E-state index contributed by atoms with van der Waals surface area (Å²) in [6, 6.07) is 0.476. The Kier molecular flexibility index (Phi) is 5.49. The van der Waals surface area contributed by atoms with Crippen molar-refractivity contribution in [3.8, 4) is 0 Å². The van der Waals surface area contributed by atoms with Crippen molar-refractivity contribution in [1.29, 1.82) is 0 Å². The van der Waals surface area contributed by atoms with Gasteiger partial charge in [-0.05, 0) is 45.2 Å². The molecule has 1 aromatic rings. The molecule has 0 aliphatic carbocycles. The molecule has 0 radical (unpaired) electrons. The summed E-state index contributed by atoms with van der Waals surface area (Å²) in [7, 11) is 1.95. The van der Waals surface area contributed by atoms with E-state index >= 15 is 0 Å². The molecule has 1 aromatic heterocycles. The van der Waals surface area contributed by atoms with Gasteiger partial charge in [0.2, 0.25) is 0 Å². The monoisotopic (exact) mass is 225 g/mol. The van der Waals surface area contributed by atoms with E-state index in [4.69, 9.17) is 5.11 Å². The van der Waals surface area contributed by atoms with Gasteiger partial charge in [-0.1, -0.05) is 0 Å². The summed E-state index contributed by atoms with van der Waals surface area (Å²) in [5.41, 5.74) is 2.43. The summed E-state index contributed by atoms with van der Waals surface area (Å²) in [6.07, 6.45) is 5.00. The Labute approximate surface area is 97.7 Å². The zero-order chi connectivity index (χ0) is 12.0. The average molecular weight is 225 g/mol. The minimum Gasteiger partial charge on any atom is -0.396 e. The van der Waals surface area contributed by atoms with E-state index in [1.165, 1.54) is 5.56 Å². The predicted molar refractivity (Wildman–Crippen MR) is 65.4 cm³/mol. The van der Waals surface area contributed by atoms with Gasteiger partial charge in [0.15, 0.2) is 0 Å². The van der Waals surface area contributed by atoms with Crippen LogP contribution >= 0.6 is 0 Å². The Balaban J connectivity index is 2.22. The highest BCUT2D eigenvalue weighted by molar-refractivity contribution is 5.15. The van der Waals surface area contributed by atoms with Crippen LogP contribution < -0.4 is 5.32 Å². The summed E-state index contributed by atoms with van der Waals surface area (Å²) in [6.45, 7) is 5.46. The molecule has 0 bridgehead atoms. The van der Waals surface area contributed by atoms with Crippen molar-refractivity contribution < 1.29 is 5.11 Å². The number of aliphatic hydroxyl groups excluding tert-OH is 1. The second-order valence-electron chi connectivity index (χ2n) is 4.38. The number of aromatic nitrogens is 2. The molecule has 0 aliphatic rings. The molecule has 0 spiro atoms. The minimum absolute atomic E-state index is 0.285. The van der Waals surface area contributed by atoms with Crippen LogP contribution in [-0.4, -0.2) is 34.1 Å². The lowest BCUT2D eigenvalue weighted by Crippen LogP contribution is -2.28. The molecule has 0 aliphatic heterocycles. The van der Waals surface area contributed by atoms with E-state index in [1.54, 1.807) is 0 Å². The number of hydrogen-bond donors (Lipinski definition) is 2. The predicted octanol–water partition coefficient (Wildman–Crippen LogP) is 1.02. The van der Waals surface area contributed by atoms with Crippen LogP contribution in [0.5, 0.6) is 0 Å². The zero-order valence-corrected chi connectivity index (χ0v) is 10.5. The lowest BCUT2D eigenvalue weighted by molar-refractivity contribution is 0.276. The van der Waals surface area contributed by atoms with Crippen LogP contribution in [0, 0.1) is 6.92 Å². The number of nitrogens with one attached hydrogen (secondary N) is 1. The summed E-state index contributed by atoms with van der Waals surface area (Å²) >= 11 is 0. The molecule has 1 atom stereocenters. The molecule has 4 nitrogen and oxygen atoms in total. The highest BCUT2D eigenvalue weighted by Gasteiger charge is 2.04. The third kappa shape index (κ3) is 4.33. The number of aliphatic hydroxyl groups is 1. The SMILES string of the molecule is Cc1nn(C)cc1CCNC(C)CCCO. The smallest absolute Gasteiger partial charge is 0.0626 e. The maximum atomic E-state index is 8.72. The van der Waals surface area contributed by atoms with Crippen LogP contribution in [0.1, 0.15) is 31.0 Å². The van der Waals surface area contributed by atoms with Gasteiger partial charge in [0.05, 0.1) is 5.69 Å². The van der Waals surface area contributed by atoms with Crippen molar-refractivity contribution in [3.05, 3.63) is 17.5 Å². The molecule has 0 saturated heterocycles. The fourth-order valence-electron chi connectivity index (χ4n) is 1.85. The number of nitrogens with zero attached hydrogens (tertiary/aromatic N) is 2. The fourth-order valence-corrected chi connectivity index (χ4v) is 1.85. The van der Waals surface area contributed by atoms with Crippen LogP contribution in [0.2, 0.25) is 0 Å². The zero-order valence-electron chi connectivity index (χ0n) is 10.5. The van der Waals surface area contributed by atoms with Crippen molar-refractivity contribution in [2.24, 2.45) is 7.05 Å². The van der Waals surface area contributed by atoms with Gasteiger partial charge in [0, 0.05) is 25.9 Å². The van der Waals surface area contributed by atoms with E-state index in [0.29, 0.717) is 6.04 Å². The molecule has 1 rings (SSSR count). The van der Waals surface area contributed by atoms with Crippen molar-refractivity contribution in [1.82, 2.24) is 15.1 Å². The van der Waals surface area contributed by atoms with Gasteiger partial charge >= 0.3 is 0 Å². The second kappa shape index (κ2) is 6.66. The molecule has 1 heterocycles. The lowest BCUT2D eigenvalue weighted by atomic mass is 10.1. The topological polar surface area (TPSA) is 50.1 Å². The Morgan fingerprint density at radius 3 is 2.88 bits per heavy atom. The standard InChI is InChI=1S/C12H23N3O/c1-10(5-4-8-16)13-7-6-12-9-15(3)14-11(12)2/h9-10,13,16H,4-8H2,1-3H3. The van der Waals surface area contributed by atoms with E-state index in [1.807, 2.05) is 18.7 Å². The highest BCUT2D eigenvalue weighted by atomic mass is 16.2. The number of aryl methyl sites for hydroxylation is 2. The summed E-state index contributed by atoms with van der Waals surface area (Å²) in [5, 5.41) is 16.5. The van der Waals surface area contributed by atoms with Crippen molar-refractivity contribution in [2.75, 3.05) is 13.2 Å². The molecule has 0 fully saturated rings. The Morgan fingerprint density at radius 2 is 2.31 bits per heavy atom. The van der Waals surface area contributed by atoms with Crippen molar-refractivity contribution in [2.45, 2.75) is 39.2 Å². The van der Waals surface area contributed by atoms with E-state index in [2.05, 4.69) is 23.5 Å². The molecule has 16 heavy (non-hydrogen) atoms. The molecule has 2 N–H and O–H groups in total. The normalized spacial score (nSPS) is 13.0. The molecule has 0 saturated carbocycles. The fraction of sp³-hybridized carbons (Fsp3) is 0.750. The van der Waals surface area contributed by atoms with Gasteiger partial charge < -0.3 is 10.4 Å². The molecular formula is C12H23N3O. The van der Waals surface area contributed by atoms with Crippen molar-refractivity contribution >= 4 is 0 Å². The third-order valence-corrected chi connectivity index (χ3v) is 2.80. The molecule has 0 aromatic carbocycles. The Bertz CT molecular complexity index is 309. The molecular weight excluding hydrogens is 202 g/mol. The summed E-state index contributed by atoms with van der Waals surface area (Å²) < 4.78 is 1.86. The average Bonchev–Trinajstić information content (AvgIpc) is 2.55. The van der Waals surface area contributed by atoms with E-state index < -0.39 is 0 Å². The van der Waals surface area contributed by atoms with Crippen molar-refractivity contribution in [3.63, 3.8) is 0 Å². The van der Waals surface area contributed by atoms with E-state index in [0.717, 1.165) is 31.5 Å². The minimum atomic E-state index is 0.285. The maximum absolute atomic E-state index is 8.72. The molecule has 92 valence electrons. The van der Waals surface area contributed by atoms with Gasteiger partial charge in [0.25, 0.3) is 0 Å². The number of rotatable bonds is 7.